The van der Waals surface area contributed by atoms with Crippen LogP contribution in [0.3, 0.4) is 0 Å². The van der Waals surface area contributed by atoms with Crippen LogP contribution in [0.2, 0.25) is 0 Å². The van der Waals surface area contributed by atoms with Crippen LogP contribution in [-0.4, -0.2) is 0 Å². The van der Waals surface area contributed by atoms with Gasteiger partial charge in [-0.2, -0.15) is 0 Å². The summed E-state index contributed by atoms with van der Waals surface area (Å²) >= 11 is 0. The lowest BCUT2D eigenvalue weighted by Crippen LogP contribution is -2.26. The van der Waals surface area contributed by atoms with E-state index < -0.39 is 5.41 Å². The molecule has 0 fully saturated rings. The van der Waals surface area contributed by atoms with Crippen molar-refractivity contribution < 1.29 is 0 Å². The van der Waals surface area contributed by atoms with E-state index in [2.05, 4.69) is 193 Å². The van der Waals surface area contributed by atoms with Crippen LogP contribution >= 0.6 is 0 Å². The Labute approximate surface area is 327 Å². The maximum absolute atomic E-state index is 2.50. The van der Waals surface area contributed by atoms with E-state index in [-0.39, 0.29) is 0 Å². The van der Waals surface area contributed by atoms with Crippen LogP contribution in [0.1, 0.15) is 51.8 Å². The second-order valence-electron chi connectivity index (χ2n) is 15.8. The minimum atomic E-state index is -0.406. The Hall–Kier alpha value is -6.96. The molecule has 260 valence electrons. The number of para-hydroxylation sites is 1. The molecule has 1 spiro atoms. The molecule has 0 heterocycles. The molecule has 5 aliphatic carbocycles. The van der Waals surface area contributed by atoms with Crippen molar-refractivity contribution >= 4 is 33.8 Å². The number of benzene rings is 8. The van der Waals surface area contributed by atoms with E-state index in [4.69, 9.17) is 0 Å². The molecule has 0 N–H and O–H groups in total. The molecule has 0 aliphatic heterocycles. The highest BCUT2D eigenvalue weighted by Crippen LogP contribution is 2.64. The molecular weight excluding hydrogens is 675 g/mol. The van der Waals surface area contributed by atoms with Gasteiger partial charge >= 0.3 is 0 Å². The lowest BCUT2D eigenvalue weighted by molar-refractivity contribution is 0.793. The summed E-state index contributed by atoms with van der Waals surface area (Å²) < 4.78 is 0. The predicted octanol–water partition coefficient (Wildman–Crippen LogP) is 14.2. The monoisotopic (exact) mass is 709 g/mol. The predicted molar refractivity (Wildman–Crippen MR) is 232 cm³/mol. The van der Waals surface area contributed by atoms with E-state index >= 15 is 0 Å². The maximum atomic E-state index is 2.50. The summed E-state index contributed by atoms with van der Waals surface area (Å²) in [6.45, 7) is 0. The molecule has 0 saturated heterocycles. The van der Waals surface area contributed by atoms with E-state index in [1.165, 1.54) is 100 Å². The second kappa shape index (κ2) is 11.1. The van der Waals surface area contributed by atoms with Crippen molar-refractivity contribution in [2.45, 2.75) is 18.3 Å². The SMILES string of the molecule is C1=C2C3=C(CC1)c1cccc(c1-c1cc(N(c4ccccc4)c4ccc5c(c4)C4(c6ccccc6-c6ccccc64)c4ccccc4-5)ccc12)-c1ccccc13. The smallest absolute Gasteiger partial charge is 0.0726 e. The molecule has 0 atom stereocenters. The highest BCUT2D eigenvalue weighted by atomic mass is 15.1. The molecular formula is C55H35N. The first kappa shape index (κ1) is 30.4. The number of anilines is 3. The van der Waals surface area contributed by atoms with Gasteiger partial charge in [-0.15, -0.1) is 0 Å². The van der Waals surface area contributed by atoms with Gasteiger partial charge in [0.05, 0.1) is 5.41 Å². The summed E-state index contributed by atoms with van der Waals surface area (Å²) in [5.74, 6) is 0. The van der Waals surface area contributed by atoms with E-state index in [1.54, 1.807) is 0 Å². The maximum Gasteiger partial charge on any atom is 0.0726 e. The van der Waals surface area contributed by atoms with Crippen LogP contribution in [0.25, 0.3) is 61.2 Å². The number of hydrogen-bond acceptors (Lipinski definition) is 1. The topological polar surface area (TPSA) is 3.24 Å². The van der Waals surface area contributed by atoms with Crippen molar-refractivity contribution in [2.75, 3.05) is 4.90 Å². The van der Waals surface area contributed by atoms with Gasteiger partial charge < -0.3 is 4.90 Å². The summed E-state index contributed by atoms with van der Waals surface area (Å²) in [6.07, 6.45) is 4.61. The first-order valence-corrected chi connectivity index (χ1v) is 19.9. The minimum absolute atomic E-state index is 0.406. The molecule has 56 heavy (non-hydrogen) atoms. The van der Waals surface area contributed by atoms with Crippen LogP contribution in [-0.2, 0) is 5.41 Å². The van der Waals surface area contributed by atoms with Crippen molar-refractivity contribution in [1.82, 2.24) is 0 Å². The van der Waals surface area contributed by atoms with Crippen LogP contribution in [0.5, 0.6) is 0 Å². The Kier molecular flexibility index (Phi) is 6.00. The molecule has 0 aromatic heterocycles. The molecule has 0 saturated carbocycles. The van der Waals surface area contributed by atoms with Gasteiger partial charge in [-0.05, 0) is 149 Å². The van der Waals surface area contributed by atoms with Crippen molar-refractivity contribution in [3.8, 4) is 44.5 Å². The lowest BCUT2D eigenvalue weighted by atomic mass is 9.70. The van der Waals surface area contributed by atoms with Gasteiger partial charge in [-0.3, -0.25) is 0 Å². The zero-order valence-electron chi connectivity index (χ0n) is 30.8. The van der Waals surface area contributed by atoms with Gasteiger partial charge in [0.25, 0.3) is 0 Å². The van der Waals surface area contributed by atoms with Crippen molar-refractivity contribution in [1.29, 1.82) is 0 Å². The number of rotatable bonds is 3. The number of fused-ring (bicyclic) bond motifs is 14. The van der Waals surface area contributed by atoms with Crippen LogP contribution < -0.4 is 4.90 Å². The number of nitrogens with zero attached hydrogens (tertiary/aromatic N) is 1. The summed E-state index contributed by atoms with van der Waals surface area (Å²) in [5.41, 5.74) is 27.5. The summed E-state index contributed by atoms with van der Waals surface area (Å²) in [5, 5.41) is 0. The molecule has 5 aliphatic rings. The second-order valence-corrected chi connectivity index (χ2v) is 15.8. The van der Waals surface area contributed by atoms with Crippen molar-refractivity contribution in [3.05, 3.63) is 227 Å². The summed E-state index contributed by atoms with van der Waals surface area (Å²) in [7, 11) is 0. The zero-order valence-corrected chi connectivity index (χ0v) is 30.8. The Balaban J connectivity index is 1.07. The zero-order chi connectivity index (χ0) is 36.5. The molecule has 6 bridgehead atoms. The molecule has 13 rings (SSSR count). The van der Waals surface area contributed by atoms with Crippen molar-refractivity contribution in [3.63, 3.8) is 0 Å². The largest absolute Gasteiger partial charge is 0.310 e. The third kappa shape index (κ3) is 3.75. The van der Waals surface area contributed by atoms with Gasteiger partial charge in [-0.1, -0.05) is 152 Å². The Morgan fingerprint density at radius 2 is 0.893 bits per heavy atom. The van der Waals surface area contributed by atoms with Crippen LogP contribution in [0, 0.1) is 0 Å². The third-order valence-corrected chi connectivity index (χ3v) is 13.3. The fraction of sp³-hybridized carbons (Fsp3) is 0.0545. The quantitative estimate of drug-likeness (QED) is 0.177. The van der Waals surface area contributed by atoms with Gasteiger partial charge in [0.15, 0.2) is 0 Å². The Bertz CT molecular complexity index is 3020. The molecule has 0 amide bonds. The standard InChI is InChI=1S/C55H35N/c1-2-14-34(15-3-1)56(35-28-30-38-45-22-13-23-46-47-24-12-21-44(54(47)48(38)32-35)37-16-4-5-20-43(37)53(45)46)36-29-31-42-41-19-8-11-27-51(41)55(52(42)33-36)49-25-9-6-17-39(49)40-18-7-10-26-50(40)55/h1-12,14-22,24-33H,13,23H2. The minimum Gasteiger partial charge on any atom is -0.310 e. The van der Waals surface area contributed by atoms with Crippen LogP contribution in [0.15, 0.2) is 188 Å². The normalized spacial score (nSPS) is 15.2. The number of hydrogen-bond donors (Lipinski definition) is 0. The molecule has 1 nitrogen and oxygen atoms in total. The highest BCUT2D eigenvalue weighted by Gasteiger charge is 2.51. The van der Waals surface area contributed by atoms with Gasteiger partial charge in [0.1, 0.15) is 0 Å². The Morgan fingerprint density at radius 1 is 0.357 bits per heavy atom. The van der Waals surface area contributed by atoms with E-state index in [1.807, 2.05) is 0 Å². The van der Waals surface area contributed by atoms with E-state index in [9.17, 15) is 0 Å². The van der Waals surface area contributed by atoms with E-state index in [0.717, 1.165) is 29.9 Å². The molecule has 0 radical (unpaired) electrons. The molecule has 0 unspecified atom stereocenters. The third-order valence-electron chi connectivity index (χ3n) is 13.3. The average Bonchev–Trinajstić information content (AvgIpc) is 3.69. The lowest BCUT2D eigenvalue weighted by Gasteiger charge is -2.32. The van der Waals surface area contributed by atoms with Gasteiger partial charge in [0, 0.05) is 17.1 Å². The fourth-order valence-corrected chi connectivity index (χ4v) is 11.2. The fourth-order valence-electron chi connectivity index (χ4n) is 11.2. The first-order chi connectivity index (χ1) is 27.8. The van der Waals surface area contributed by atoms with E-state index in [0.29, 0.717) is 0 Å². The van der Waals surface area contributed by atoms with Gasteiger partial charge in [-0.25, -0.2) is 0 Å². The van der Waals surface area contributed by atoms with Crippen molar-refractivity contribution in [2.24, 2.45) is 0 Å². The average molecular weight is 710 g/mol. The summed E-state index contributed by atoms with van der Waals surface area (Å²) in [6, 6.07) is 68.7. The molecule has 8 aromatic rings. The number of allylic oxidation sites excluding steroid dienone is 4. The molecule has 1 heteroatoms. The first-order valence-electron chi connectivity index (χ1n) is 19.9. The Morgan fingerprint density at radius 3 is 1.59 bits per heavy atom. The highest BCUT2D eigenvalue weighted by molar-refractivity contribution is 6.25. The summed E-state index contributed by atoms with van der Waals surface area (Å²) in [4.78, 5) is 2.48. The van der Waals surface area contributed by atoms with Crippen LogP contribution in [0.4, 0.5) is 17.1 Å². The van der Waals surface area contributed by atoms with Gasteiger partial charge in [0.2, 0.25) is 0 Å². The molecule has 8 aromatic carbocycles.